The smallest absolute Gasteiger partial charge is 0.469 e. The molecule has 0 aliphatic rings. The molecule has 1 rings (SSSR count). The lowest BCUT2D eigenvalue weighted by atomic mass is 10.1. The maximum Gasteiger partial charge on any atom is 0.573 e. The second-order valence-corrected chi connectivity index (χ2v) is 3.65. The van der Waals surface area contributed by atoms with E-state index in [1.807, 2.05) is 0 Å². The molecule has 1 aromatic carbocycles. The highest BCUT2D eigenvalue weighted by molar-refractivity contribution is 5.75. The van der Waals surface area contributed by atoms with Gasteiger partial charge in [0, 0.05) is 11.6 Å². The number of esters is 1. The molecule has 1 aromatic rings. The van der Waals surface area contributed by atoms with Gasteiger partial charge in [0.1, 0.15) is 17.4 Å². The molecule has 0 N–H and O–H groups in total. The number of hydrogen-bond acceptors (Lipinski definition) is 6. The molecule has 0 fully saturated rings. The van der Waals surface area contributed by atoms with Gasteiger partial charge in [-0.2, -0.15) is 5.26 Å². The maximum atomic E-state index is 12.2. The molecular weight excluding hydrogens is 297 g/mol. The molecule has 0 saturated heterocycles. The average molecular weight is 304 g/mol. The van der Waals surface area contributed by atoms with Crippen molar-refractivity contribution >= 4 is 11.7 Å². The van der Waals surface area contributed by atoms with E-state index in [1.54, 1.807) is 0 Å². The SMILES string of the molecule is COC(=O)Cc1cc(OC(F)(F)F)c(C#N)cc1[N+](=O)[O-]. The van der Waals surface area contributed by atoms with Crippen LogP contribution in [-0.4, -0.2) is 24.4 Å². The normalized spacial score (nSPS) is 10.6. The Kier molecular flexibility index (Phi) is 4.70. The van der Waals surface area contributed by atoms with E-state index < -0.39 is 40.7 Å². The minimum Gasteiger partial charge on any atom is -0.469 e. The maximum absolute atomic E-state index is 12.2. The number of methoxy groups -OCH3 is 1. The summed E-state index contributed by atoms with van der Waals surface area (Å²) in [5.74, 6) is -1.81. The summed E-state index contributed by atoms with van der Waals surface area (Å²) < 4.78 is 44.6. The summed E-state index contributed by atoms with van der Waals surface area (Å²) in [5, 5.41) is 19.6. The minimum absolute atomic E-state index is 0.356. The van der Waals surface area contributed by atoms with E-state index >= 15 is 0 Å². The van der Waals surface area contributed by atoms with Gasteiger partial charge < -0.3 is 9.47 Å². The van der Waals surface area contributed by atoms with Crippen molar-refractivity contribution in [3.8, 4) is 11.8 Å². The molecule has 0 aliphatic heterocycles. The van der Waals surface area contributed by atoms with E-state index in [-0.39, 0.29) is 5.56 Å². The second kappa shape index (κ2) is 6.08. The first-order valence-corrected chi connectivity index (χ1v) is 5.22. The van der Waals surface area contributed by atoms with Gasteiger partial charge in [-0.3, -0.25) is 14.9 Å². The number of hydrogen-bond donors (Lipinski definition) is 0. The molecule has 0 radical (unpaired) electrons. The number of halogens is 3. The number of ether oxygens (including phenoxy) is 2. The van der Waals surface area contributed by atoms with Crippen LogP contribution in [0.3, 0.4) is 0 Å². The Bertz CT molecular complexity index is 622. The molecule has 10 heteroatoms. The summed E-state index contributed by atoms with van der Waals surface area (Å²) >= 11 is 0. The monoisotopic (exact) mass is 304 g/mol. The Labute approximate surface area is 115 Å². The Morgan fingerprint density at radius 1 is 1.48 bits per heavy atom. The van der Waals surface area contributed by atoms with Crippen LogP contribution in [0, 0.1) is 21.4 Å². The lowest BCUT2D eigenvalue weighted by Crippen LogP contribution is -2.18. The van der Waals surface area contributed by atoms with Gasteiger partial charge in [-0.1, -0.05) is 0 Å². The number of nitriles is 1. The standard InChI is InChI=1S/C11H7F3N2O5/c1-20-10(17)4-6-3-9(21-11(12,13)14)7(5-15)2-8(6)16(18)19/h2-3H,4H2,1H3. The van der Waals surface area contributed by atoms with Gasteiger partial charge in [-0.15, -0.1) is 13.2 Å². The Morgan fingerprint density at radius 2 is 2.10 bits per heavy atom. The molecule has 21 heavy (non-hydrogen) atoms. The van der Waals surface area contributed by atoms with Crippen LogP contribution in [0.1, 0.15) is 11.1 Å². The van der Waals surface area contributed by atoms with Crippen molar-refractivity contribution in [3.05, 3.63) is 33.4 Å². The van der Waals surface area contributed by atoms with E-state index in [9.17, 15) is 28.1 Å². The number of nitrogens with zero attached hydrogens (tertiary/aromatic N) is 2. The highest BCUT2D eigenvalue weighted by Crippen LogP contribution is 2.32. The predicted octanol–water partition coefficient (Wildman–Crippen LogP) is 2.08. The van der Waals surface area contributed by atoms with Crippen molar-refractivity contribution in [2.75, 3.05) is 7.11 Å². The van der Waals surface area contributed by atoms with E-state index in [0.717, 1.165) is 7.11 Å². The largest absolute Gasteiger partial charge is 0.573 e. The fourth-order valence-corrected chi connectivity index (χ4v) is 1.45. The molecule has 0 aromatic heterocycles. The summed E-state index contributed by atoms with van der Waals surface area (Å²) in [6, 6.07) is 2.60. The number of benzene rings is 1. The van der Waals surface area contributed by atoms with Gasteiger partial charge in [0.15, 0.2) is 0 Å². The van der Waals surface area contributed by atoms with Crippen LogP contribution in [0.4, 0.5) is 18.9 Å². The van der Waals surface area contributed by atoms with Crippen LogP contribution in [0.15, 0.2) is 12.1 Å². The molecule has 0 bridgehead atoms. The lowest BCUT2D eigenvalue weighted by Gasteiger charge is -2.11. The molecule has 0 spiro atoms. The number of nitro benzene ring substituents is 1. The van der Waals surface area contributed by atoms with E-state index in [4.69, 9.17) is 5.26 Å². The van der Waals surface area contributed by atoms with Gasteiger partial charge in [-0.25, -0.2) is 0 Å². The van der Waals surface area contributed by atoms with Crippen LogP contribution in [-0.2, 0) is 16.0 Å². The fraction of sp³-hybridized carbons (Fsp3) is 0.273. The van der Waals surface area contributed by atoms with Crippen LogP contribution in [0.5, 0.6) is 5.75 Å². The Morgan fingerprint density at radius 3 is 2.52 bits per heavy atom. The molecule has 0 unspecified atom stereocenters. The van der Waals surface area contributed by atoms with E-state index in [2.05, 4.69) is 9.47 Å². The Hall–Kier alpha value is -2.83. The van der Waals surface area contributed by atoms with Crippen molar-refractivity contribution in [3.63, 3.8) is 0 Å². The number of carbonyl (C=O) groups is 1. The first-order valence-electron chi connectivity index (χ1n) is 5.22. The summed E-state index contributed by atoms with van der Waals surface area (Å²) in [7, 11) is 1.02. The van der Waals surface area contributed by atoms with Crippen LogP contribution < -0.4 is 4.74 Å². The van der Waals surface area contributed by atoms with Gasteiger partial charge >= 0.3 is 12.3 Å². The summed E-state index contributed by atoms with van der Waals surface area (Å²) in [4.78, 5) is 21.1. The molecule has 0 heterocycles. The molecule has 0 atom stereocenters. The van der Waals surface area contributed by atoms with Crippen molar-refractivity contribution in [1.29, 1.82) is 5.26 Å². The van der Waals surface area contributed by atoms with E-state index in [1.165, 1.54) is 6.07 Å². The zero-order valence-electron chi connectivity index (χ0n) is 10.4. The first-order chi connectivity index (χ1) is 9.67. The van der Waals surface area contributed by atoms with Gasteiger partial charge in [0.05, 0.1) is 18.5 Å². The molecule has 112 valence electrons. The second-order valence-electron chi connectivity index (χ2n) is 3.65. The third-order valence-corrected chi connectivity index (χ3v) is 2.29. The quantitative estimate of drug-likeness (QED) is 0.479. The zero-order valence-corrected chi connectivity index (χ0v) is 10.4. The van der Waals surface area contributed by atoms with Crippen molar-refractivity contribution in [2.45, 2.75) is 12.8 Å². The third kappa shape index (κ3) is 4.34. The predicted molar refractivity (Wildman–Crippen MR) is 60.2 cm³/mol. The summed E-state index contributed by atoms with van der Waals surface area (Å²) in [6.07, 6.45) is -5.71. The number of nitro groups is 1. The topological polar surface area (TPSA) is 102 Å². The number of carbonyl (C=O) groups excluding carboxylic acids is 1. The fourth-order valence-electron chi connectivity index (χ4n) is 1.45. The third-order valence-electron chi connectivity index (χ3n) is 2.29. The van der Waals surface area contributed by atoms with Gasteiger partial charge in [0.2, 0.25) is 0 Å². The minimum atomic E-state index is -5.08. The lowest BCUT2D eigenvalue weighted by molar-refractivity contribution is -0.385. The van der Waals surface area contributed by atoms with Crippen LogP contribution >= 0.6 is 0 Å². The van der Waals surface area contributed by atoms with Crippen LogP contribution in [0.25, 0.3) is 0 Å². The van der Waals surface area contributed by atoms with Crippen molar-refractivity contribution in [1.82, 2.24) is 0 Å². The highest BCUT2D eigenvalue weighted by atomic mass is 19.4. The summed E-state index contributed by atoms with van der Waals surface area (Å²) in [5.41, 5.74) is -1.70. The van der Waals surface area contributed by atoms with Gasteiger partial charge in [0.25, 0.3) is 5.69 Å². The molecule has 0 saturated carbocycles. The summed E-state index contributed by atoms with van der Waals surface area (Å²) in [6.45, 7) is 0. The molecule has 0 amide bonds. The van der Waals surface area contributed by atoms with Gasteiger partial charge in [-0.05, 0) is 6.07 Å². The highest BCUT2D eigenvalue weighted by Gasteiger charge is 2.33. The Balaban J connectivity index is 3.39. The average Bonchev–Trinajstić information content (AvgIpc) is 2.36. The van der Waals surface area contributed by atoms with Crippen molar-refractivity contribution in [2.24, 2.45) is 0 Å². The zero-order chi connectivity index (χ0) is 16.2. The first kappa shape index (κ1) is 16.2. The number of rotatable bonds is 4. The van der Waals surface area contributed by atoms with E-state index in [0.29, 0.717) is 12.1 Å². The molecule has 7 nitrogen and oxygen atoms in total. The number of alkyl halides is 3. The molecular formula is C11H7F3N2O5. The van der Waals surface area contributed by atoms with Crippen LogP contribution in [0.2, 0.25) is 0 Å². The van der Waals surface area contributed by atoms with Crippen molar-refractivity contribution < 1.29 is 32.4 Å². The molecule has 0 aliphatic carbocycles.